The largest absolute Gasteiger partial charge is 0.179 e. The van der Waals surface area contributed by atoms with Crippen molar-refractivity contribution >= 4 is 23.6 Å². The van der Waals surface area contributed by atoms with Gasteiger partial charge in [0.15, 0.2) is 8.07 Å². The van der Waals surface area contributed by atoms with Crippen molar-refractivity contribution in [2.45, 2.75) is 13.3 Å². The topological polar surface area (TPSA) is 0 Å². The van der Waals surface area contributed by atoms with Gasteiger partial charge in [0.1, 0.15) is 0 Å². The van der Waals surface area contributed by atoms with E-state index in [9.17, 15) is 0 Å². The van der Waals surface area contributed by atoms with E-state index in [-0.39, 0.29) is 0 Å². The number of hydrogen-bond donors (Lipinski definition) is 0. The zero-order chi connectivity index (χ0) is 36.1. The van der Waals surface area contributed by atoms with Crippen molar-refractivity contribution in [1.29, 1.82) is 0 Å². The van der Waals surface area contributed by atoms with Gasteiger partial charge in [0, 0.05) is 33.4 Å². The van der Waals surface area contributed by atoms with Gasteiger partial charge in [-0.1, -0.05) is 151 Å². The Morgan fingerprint density at radius 1 is 0.434 bits per heavy atom. The molecule has 1 aliphatic rings. The lowest BCUT2D eigenvalue weighted by molar-refractivity contribution is 1.26. The van der Waals surface area contributed by atoms with Gasteiger partial charge < -0.3 is 0 Å². The van der Waals surface area contributed by atoms with E-state index in [1.54, 1.807) is 0 Å². The van der Waals surface area contributed by atoms with Crippen LogP contribution in [0, 0.1) is 47.4 Å². The molecule has 0 nitrogen and oxygen atoms in total. The highest BCUT2D eigenvalue weighted by molar-refractivity contribution is 7.16. The molecule has 0 N–H and O–H groups in total. The highest BCUT2D eigenvalue weighted by atomic mass is 28.3. The van der Waals surface area contributed by atoms with Crippen LogP contribution in [-0.2, 0) is 0 Å². The van der Waals surface area contributed by atoms with Crippen LogP contribution in [0.25, 0.3) is 0 Å². The van der Waals surface area contributed by atoms with E-state index in [4.69, 9.17) is 0 Å². The minimum Gasteiger partial charge on any atom is -0.101 e. The highest BCUT2D eigenvalue weighted by Crippen LogP contribution is 2.26. The van der Waals surface area contributed by atoms with E-state index in [0.29, 0.717) is 0 Å². The summed E-state index contributed by atoms with van der Waals surface area (Å²) in [5, 5.41) is 5.11. The zero-order valence-corrected chi connectivity index (χ0v) is 30.6. The third kappa shape index (κ3) is 8.32. The maximum Gasteiger partial charge on any atom is 0.179 e. The van der Waals surface area contributed by atoms with Crippen molar-refractivity contribution < 1.29 is 0 Å². The summed E-state index contributed by atoms with van der Waals surface area (Å²) < 4.78 is 0. The predicted molar refractivity (Wildman–Crippen MR) is 225 cm³/mol. The van der Waals surface area contributed by atoms with Gasteiger partial charge in [0.05, 0.1) is 0 Å². The Kier molecular flexibility index (Phi) is 10.9. The SMILES string of the molecule is CC#Cc1ccc([Si](C2=C/C(=C/C#Cc3ccccc3)CC=C2)(c2ccc(C#Cc3ccccc3)cc2)c2ccc(C#Cc3ccccc3)cc2)cc1. The minimum atomic E-state index is -2.89. The van der Waals surface area contributed by atoms with Crippen molar-refractivity contribution in [3.05, 3.63) is 232 Å². The lowest BCUT2D eigenvalue weighted by Gasteiger charge is -2.36. The predicted octanol–water partition coefficient (Wildman–Crippen LogP) is 8.73. The summed E-state index contributed by atoms with van der Waals surface area (Å²) >= 11 is 0. The highest BCUT2D eigenvalue weighted by Gasteiger charge is 2.42. The van der Waals surface area contributed by atoms with Crippen LogP contribution in [0.3, 0.4) is 0 Å². The Balaban J connectivity index is 1.40. The maximum atomic E-state index is 3.38. The molecule has 1 aliphatic carbocycles. The van der Waals surface area contributed by atoms with Gasteiger partial charge in [-0.05, 0) is 119 Å². The molecule has 1 heteroatoms. The summed E-state index contributed by atoms with van der Waals surface area (Å²) in [6.07, 6.45) is 9.88. The molecule has 0 spiro atoms. The lowest BCUT2D eigenvalue weighted by Crippen LogP contribution is -2.68. The number of hydrogen-bond acceptors (Lipinski definition) is 0. The number of benzene rings is 6. The van der Waals surface area contributed by atoms with Gasteiger partial charge >= 0.3 is 0 Å². The van der Waals surface area contributed by atoms with E-state index in [1.165, 1.54) is 26.3 Å². The minimum absolute atomic E-state index is 0.824. The fourth-order valence-electron chi connectivity index (χ4n) is 6.58. The van der Waals surface area contributed by atoms with Gasteiger partial charge in [-0.3, -0.25) is 0 Å². The molecule has 0 aliphatic heterocycles. The fraction of sp³-hybridized carbons (Fsp3) is 0.0385. The van der Waals surface area contributed by atoms with E-state index >= 15 is 0 Å². The third-order valence-electron chi connectivity index (χ3n) is 9.15. The standard InChI is InChI=1S/C52H36Si/c1-2-14-42-29-35-49(36-30-42)53(50-37-31-46(32-38-50)27-25-44-17-8-4-9-18-44,51-39-33-47(34-40-51)28-26-45-19-10-5-11-20-45)52-24-13-23-48(41-52)22-12-21-43-15-6-3-7-16-43/h3-11,13,15-20,22,24,29-41H,23H2,1H3/b48-22+. The summed E-state index contributed by atoms with van der Waals surface area (Å²) in [5.74, 6) is 26.4. The molecule has 0 radical (unpaired) electrons. The molecule has 0 bridgehead atoms. The van der Waals surface area contributed by atoms with Gasteiger partial charge in [-0.2, -0.15) is 0 Å². The summed E-state index contributed by atoms with van der Waals surface area (Å²) in [5.41, 5.74) is 7.14. The second-order valence-corrected chi connectivity index (χ2v) is 16.5. The number of rotatable bonds is 4. The molecule has 0 heterocycles. The molecule has 0 atom stereocenters. The van der Waals surface area contributed by atoms with Gasteiger partial charge in [0.25, 0.3) is 0 Å². The molecular weight excluding hydrogens is 653 g/mol. The Bertz CT molecular complexity index is 2440. The molecule has 6 aromatic rings. The Labute approximate surface area is 315 Å². The first-order valence-corrected chi connectivity index (χ1v) is 19.7. The third-order valence-corrected chi connectivity index (χ3v) is 13.9. The molecule has 6 aromatic carbocycles. The normalized spacial score (nSPS) is 12.4. The van der Waals surface area contributed by atoms with Crippen molar-refractivity contribution in [2.24, 2.45) is 0 Å². The van der Waals surface area contributed by atoms with Crippen LogP contribution in [0.2, 0.25) is 0 Å². The van der Waals surface area contributed by atoms with E-state index in [2.05, 4.69) is 144 Å². The first-order valence-electron chi connectivity index (χ1n) is 17.7. The van der Waals surface area contributed by atoms with Crippen LogP contribution in [-0.4, -0.2) is 8.07 Å². The zero-order valence-electron chi connectivity index (χ0n) is 29.6. The number of allylic oxidation sites excluding steroid dienone is 6. The molecule has 0 fully saturated rings. The molecular formula is C52H36Si. The summed E-state index contributed by atoms with van der Waals surface area (Å²) in [6, 6.07) is 57.1. The molecule has 53 heavy (non-hydrogen) atoms. The van der Waals surface area contributed by atoms with E-state index in [0.717, 1.165) is 39.8 Å². The summed E-state index contributed by atoms with van der Waals surface area (Å²) in [6.45, 7) is 1.88. The molecule has 0 saturated heterocycles. The molecule has 248 valence electrons. The molecule has 0 unspecified atom stereocenters. The fourth-order valence-corrected chi connectivity index (χ4v) is 11.4. The lowest BCUT2D eigenvalue weighted by atomic mass is 10.1. The smallest absolute Gasteiger partial charge is 0.101 e. The molecule has 0 saturated carbocycles. The Morgan fingerprint density at radius 2 is 0.811 bits per heavy atom. The first kappa shape index (κ1) is 34.4. The van der Waals surface area contributed by atoms with Crippen LogP contribution < -0.4 is 15.6 Å². The van der Waals surface area contributed by atoms with Crippen molar-refractivity contribution in [3.63, 3.8) is 0 Å². The van der Waals surface area contributed by atoms with Crippen molar-refractivity contribution in [1.82, 2.24) is 0 Å². The average molecular weight is 689 g/mol. The Morgan fingerprint density at radius 3 is 1.23 bits per heavy atom. The van der Waals surface area contributed by atoms with Crippen LogP contribution in [0.15, 0.2) is 199 Å². The van der Waals surface area contributed by atoms with E-state index < -0.39 is 8.07 Å². The van der Waals surface area contributed by atoms with Crippen LogP contribution in [0.4, 0.5) is 0 Å². The summed E-state index contributed by atoms with van der Waals surface area (Å²) in [4.78, 5) is 0. The van der Waals surface area contributed by atoms with Crippen molar-refractivity contribution in [3.8, 4) is 47.4 Å². The second-order valence-electron chi connectivity index (χ2n) is 12.6. The van der Waals surface area contributed by atoms with Crippen LogP contribution in [0.1, 0.15) is 46.7 Å². The van der Waals surface area contributed by atoms with Gasteiger partial charge in [0.2, 0.25) is 0 Å². The average Bonchev–Trinajstić information content (AvgIpc) is 3.22. The van der Waals surface area contributed by atoms with Crippen LogP contribution >= 0.6 is 0 Å². The van der Waals surface area contributed by atoms with Crippen molar-refractivity contribution in [2.75, 3.05) is 0 Å². The van der Waals surface area contributed by atoms with E-state index in [1.807, 2.05) is 97.9 Å². The Hall–Kier alpha value is -7.00. The molecule has 0 aromatic heterocycles. The second kappa shape index (κ2) is 16.8. The monoisotopic (exact) mass is 688 g/mol. The van der Waals surface area contributed by atoms with Gasteiger partial charge in [-0.25, -0.2) is 0 Å². The first-order chi connectivity index (χ1) is 26.2. The summed E-state index contributed by atoms with van der Waals surface area (Å²) in [7, 11) is -2.89. The van der Waals surface area contributed by atoms with Gasteiger partial charge in [-0.15, -0.1) is 5.92 Å². The van der Waals surface area contributed by atoms with Crippen LogP contribution in [0.5, 0.6) is 0 Å². The quantitative estimate of drug-likeness (QED) is 0.0988. The molecule has 7 rings (SSSR count). The molecule has 0 amide bonds. The maximum absolute atomic E-state index is 3.38.